The van der Waals surface area contributed by atoms with E-state index in [1.165, 1.54) is 14.2 Å². The van der Waals surface area contributed by atoms with E-state index in [-0.39, 0.29) is 11.3 Å². The van der Waals surface area contributed by atoms with Crippen molar-refractivity contribution in [2.75, 3.05) is 40.2 Å². The van der Waals surface area contributed by atoms with Gasteiger partial charge in [-0.1, -0.05) is 0 Å². The molecule has 0 fully saturated rings. The molecule has 1 aromatic heterocycles. The SMILES string of the molecule is COc1cc(OC)c2c(=O)c3cc(NC(=O)CCN(C)C)ccc3oc2c1. The van der Waals surface area contributed by atoms with Gasteiger partial charge in [-0.15, -0.1) is 0 Å². The highest BCUT2D eigenvalue weighted by atomic mass is 16.5. The Balaban J connectivity index is 2.06. The Morgan fingerprint density at radius 1 is 1.11 bits per heavy atom. The van der Waals surface area contributed by atoms with E-state index in [9.17, 15) is 9.59 Å². The number of rotatable bonds is 6. The largest absolute Gasteiger partial charge is 0.496 e. The molecule has 0 bridgehead atoms. The number of carbonyl (C=O) groups is 1. The van der Waals surface area contributed by atoms with Gasteiger partial charge in [0, 0.05) is 30.8 Å². The van der Waals surface area contributed by atoms with Crippen LogP contribution in [0, 0.1) is 0 Å². The lowest BCUT2D eigenvalue weighted by Crippen LogP contribution is -2.20. The first-order valence-electron chi connectivity index (χ1n) is 8.50. The van der Waals surface area contributed by atoms with E-state index in [1.54, 1.807) is 30.3 Å². The summed E-state index contributed by atoms with van der Waals surface area (Å²) in [7, 11) is 6.83. The molecule has 1 N–H and O–H groups in total. The highest BCUT2D eigenvalue weighted by molar-refractivity contribution is 5.97. The molecule has 0 spiro atoms. The van der Waals surface area contributed by atoms with Crippen LogP contribution >= 0.6 is 0 Å². The van der Waals surface area contributed by atoms with Crippen LogP contribution in [-0.2, 0) is 4.79 Å². The first-order chi connectivity index (χ1) is 12.9. The third-order valence-electron chi connectivity index (χ3n) is 4.24. The molecule has 142 valence electrons. The average Bonchev–Trinajstić information content (AvgIpc) is 2.66. The molecule has 2 aromatic carbocycles. The number of nitrogens with one attached hydrogen (secondary N) is 1. The number of hydrogen-bond donors (Lipinski definition) is 1. The Kier molecular flexibility index (Phi) is 5.32. The predicted octanol–water partition coefficient (Wildman–Crippen LogP) is 2.85. The molecular weight excluding hydrogens is 348 g/mol. The molecule has 0 unspecified atom stereocenters. The van der Waals surface area contributed by atoms with Crippen molar-refractivity contribution in [3.05, 3.63) is 40.6 Å². The number of hydrogen-bond acceptors (Lipinski definition) is 6. The van der Waals surface area contributed by atoms with Crippen LogP contribution in [0.25, 0.3) is 21.9 Å². The molecule has 1 heterocycles. The molecule has 3 aromatic rings. The summed E-state index contributed by atoms with van der Waals surface area (Å²) < 4.78 is 16.4. The molecular formula is C20H22N2O5. The maximum absolute atomic E-state index is 13.0. The van der Waals surface area contributed by atoms with Crippen molar-refractivity contribution in [2.24, 2.45) is 0 Å². The fourth-order valence-corrected chi connectivity index (χ4v) is 2.82. The quantitative estimate of drug-likeness (QED) is 0.672. The lowest BCUT2D eigenvalue weighted by molar-refractivity contribution is -0.116. The molecule has 3 rings (SSSR count). The second-order valence-corrected chi connectivity index (χ2v) is 6.45. The number of amides is 1. The summed E-state index contributed by atoms with van der Waals surface area (Å²) in [6, 6.07) is 8.29. The average molecular weight is 370 g/mol. The summed E-state index contributed by atoms with van der Waals surface area (Å²) in [5, 5.41) is 3.52. The first-order valence-corrected chi connectivity index (χ1v) is 8.50. The Morgan fingerprint density at radius 2 is 1.89 bits per heavy atom. The Morgan fingerprint density at radius 3 is 2.56 bits per heavy atom. The zero-order valence-corrected chi connectivity index (χ0v) is 15.8. The third kappa shape index (κ3) is 3.88. The van der Waals surface area contributed by atoms with Gasteiger partial charge < -0.3 is 24.1 Å². The lowest BCUT2D eigenvalue weighted by atomic mass is 10.1. The van der Waals surface area contributed by atoms with Gasteiger partial charge in [-0.2, -0.15) is 0 Å². The Labute approximate surface area is 156 Å². The van der Waals surface area contributed by atoms with Gasteiger partial charge in [-0.25, -0.2) is 0 Å². The van der Waals surface area contributed by atoms with Gasteiger partial charge in [0.25, 0.3) is 0 Å². The van der Waals surface area contributed by atoms with Crippen molar-refractivity contribution in [3.63, 3.8) is 0 Å². The van der Waals surface area contributed by atoms with Crippen LogP contribution in [-0.4, -0.2) is 45.7 Å². The van der Waals surface area contributed by atoms with Gasteiger partial charge >= 0.3 is 0 Å². The molecule has 0 aliphatic rings. The van der Waals surface area contributed by atoms with Crippen LogP contribution in [0.15, 0.2) is 39.5 Å². The van der Waals surface area contributed by atoms with Crippen molar-refractivity contribution in [2.45, 2.75) is 6.42 Å². The second-order valence-electron chi connectivity index (χ2n) is 6.45. The summed E-state index contributed by atoms with van der Waals surface area (Å²) >= 11 is 0. The molecule has 1 amide bonds. The Bertz CT molecular complexity index is 1060. The van der Waals surface area contributed by atoms with E-state index < -0.39 is 0 Å². The van der Waals surface area contributed by atoms with Crippen LogP contribution in [0.1, 0.15) is 6.42 Å². The van der Waals surface area contributed by atoms with Gasteiger partial charge in [-0.3, -0.25) is 9.59 Å². The summed E-state index contributed by atoms with van der Waals surface area (Å²) in [4.78, 5) is 27.0. The van der Waals surface area contributed by atoms with Crippen LogP contribution in [0.4, 0.5) is 5.69 Å². The number of nitrogens with zero attached hydrogens (tertiary/aromatic N) is 1. The number of carbonyl (C=O) groups excluding carboxylic acids is 1. The first kappa shape index (κ1) is 18.7. The molecule has 0 atom stereocenters. The minimum absolute atomic E-state index is 0.115. The standard InChI is InChI=1S/C20H22N2O5/c1-22(2)8-7-18(23)21-12-5-6-15-14(9-12)20(24)19-16(26-4)10-13(25-3)11-17(19)27-15/h5-6,9-11H,7-8H2,1-4H3,(H,21,23). The molecule has 0 radical (unpaired) electrons. The smallest absolute Gasteiger partial charge is 0.225 e. The molecule has 7 nitrogen and oxygen atoms in total. The number of benzene rings is 2. The van der Waals surface area contributed by atoms with E-state index in [1.807, 2.05) is 19.0 Å². The van der Waals surface area contributed by atoms with Gasteiger partial charge in [0.05, 0.1) is 19.6 Å². The molecule has 27 heavy (non-hydrogen) atoms. The monoisotopic (exact) mass is 370 g/mol. The molecule has 7 heteroatoms. The zero-order chi connectivity index (χ0) is 19.6. The summed E-state index contributed by atoms with van der Waals surface area (Å²) in [5.41, 5.74) is 1.13. The van der Waals surface area contributed by atoms with Gasteiger partial charge in [-0.05, 0) is 32.3 Å². The lowest BCUT2D eigenvalue weighted by Gasteiger charge is -2.11. The Hall–Kier alpha value is -3.06. The van der Waals surface area contributed by atoms with Gasteiger partial charge in [0.15, 0.2) is 0 Å². The van der Waals surface area contributed by atoms with Crippen LogP contribution < -0.4 is 20.2 Å². The molecule has 0 aliphatic carbocycles. The highest BCUT2D eigenvalue weighted by Gasteiger charge is 2.15. The maximum atomic E-state index is 13.0. The summed E-state index contributed by atoms with van der Waals surface area (Å²) in [6.45, 7) is 0.644. The van der Waals surface area contributed by atoms with Crippen molar-refractivity contribution in [3.8, 4) is 11.5 Å². The zero-order valence-electron chi connectivity index (χ0n) is 15.8. The fourth-order valence-electron chi connectivity index (χ4n) is 2.82. The van der Waals surface area contributed by atoms with Crippen LogP contribution in [0.2, 0.25) is 0 Å². The fraction of sp³-hybridized carbons (Fsp3) is 0.300. The second kappa shape index (κ2) is 7.67. The normalized spacial score (nSPS) is 11.1. The van der Waals surface area contributed by atoms with E-state index >= 15 is 0 Å². The van der Waals surface area contributed by atoms with E-state index in [4.69, 9.17) is 13.9 Å². The van der Waals surface area contributed by atoms with Crippen molar-refractivity contribution in [1.82, 2.24) is 4.90 Å². The van der Waals surface area contributed by atoms with Crippen LogP contribution in [0.5, 0.6) is 11.5 Å². The van der Waals surface area contributed by atoms with Crippen molar-refractivity contribution >= 4 is 33.5 Å². The van der Waals surface area contributed by atoms with Gasteiger partial charge in [0.2, 0.25) is 11.3 Å². The van der Waals surface area contributed by atoms with E-state index in [0.29, 0.717) is 52.1 Å². The number of ether oxygens (including phenoxy) is 2. The topological polar surface area (TPSA) is 81.0 Å². The van der Waals surface area contributed by atoms with Crippen LogP contribution in [0.3, 0.4) is 0 Å². The minimum atomic E-state index is -0.227. The summed E-state index contributed by atoms with van der Waals surface area (Å²) in [5.74, 6) is 0.794. The predicted molar refractivity (Wildman–Crippen MR) is 105 cm³/mol. The number of anilines is 1. The molecule has 0 saturated carbocycles. The van der Waals surface area contributed by atoms with Gasteiger partial charge in [0.1, 0.15) is 28.1 Å². The summed E-state index contributed by atoms with van der Waals surface area (Å²) in [6.07, 6.45) is 0.366. The minimum Gasteiger partial charge on any atom is -0.496 e. The number of methoxy groups -OCH3 is 2. The van der Waals surface area contributed by atoms with E-state index in [2.05, 4.69) is 5.32 Å². The molecule has 0 saturated heterocycles. The third-order valence-corrected chi connectivity index (χ3v) is 4.24. The van der Waals surface area contributed by atoms with Crippen molar-refractivity contribution < 1.29 is 18.7 Å². The van der Waals surface area contributed by atoms with E-state index in [0.717, 1.165) is 0 Å². The highest BCUT2D eigenvalue weighted by Crippen LogP contribution is 2.31. The number of fused-ring (bicyclic) bond motifs is 2. The van der Waals surface area contributed by atoms with Crippen molar-refractivity contribution in [1.29, 1.82) is 0 Å². The maximum Gasteiger partial charge on any atom is 0.225 e. The molecule has 0 aliphatic heterocycles.